The number of para-hydroxylation sites is 2. The number of nitrogens with zero attached hydrogens (tertiary/aromatic N) is 1. The predicted octanol–water partition coefficient (Wildman–Crippen LogP) is 6.51. The Balaban J connectivity index is 1.87. The first kappa shape index (κ1) is 20.6. The van der Waals surface area contributed by atoms with Crippen molar-refractivity contribution < 1.29 is 18.5 Å². The van der Waals surface area contributed by atoms with E-state index in [0.717, 1.165) is 10.8 Å². The normalized spacial score (nSPS) is 12.3. The van der Waals surface area contributed by atoms with E-state index in [0.29, 0.717) is 17.1 Å². The molecule has 1 atom stereocenters. The predicted molar refractivity (Wildman–Crippen MR) is 120 cm³/mol. The zero-order chi connectivity index (χ0) is 21.7. The summed E-state index contributed by atoms with van der Waals surface area (Å²) in [5.41, 5.74) is -0.570. The highest BCUT2D eigenvalue weighted by atomic mass is 31.2. The first-order chi connectivity index (χ1) is 15.0. The van der Waals surface area contributed by atoms with Crippen molar-refractivity contribution >= 4 is 18.4 Å². The van der Waals surface area contributed by atoms with Crippen LogP contribution < -0.4 is 9.05 Å². The lowest BCUT2D eigenvalue weighted by atomic mass is 10.0. The van der Waals surface area contributed by atoms with Crippen LogP contribution in [0.1, 0.15) is 11.2 Å². The summed E-state index contributed by atoms with van der Waals surface area (Å²) >= 11 is 0. The quantitative estimate of drug-likeness (QED) is 0.180. The van der Waals surface area contributed by atoms with E-state index in [4.69, 9.17) is 9.05 Å². The van der Waals surface area contributed by atoms with E-state index in [1.165, 1.54) is 0 Å². The van der Waals surface area contributed by atoms with Gasteiger partial charge in [0.2, 0.25) is 6.54 Å². The van der Waals surface area contributed by atoms with Gasteiger partial charge < -0.3 is 9.05 Å². The highest BCUT2D eigenvalue weighted by Crippen LogP contribution is 2.61. The maximum absolute atomic E-state index is 14.3. The summed E-state index contributed by atoms with van der Waals surface area (Å²) in [5.74, 6) is 0.630. The Morgan fingerprint density at radius 2 is 1.26 bits per heavy atom. The van der Waals surface area contributed by atoms with Crippen LogP contribution in [0.3, 0.4) is 0 Å². The van der Waals surface area contributed by atoms with Gasteiger partial charge in [0.25, 0.3) is 0 Å². The molecule has 0 aliphatic carbocycles. The molecule has 0 amide bonds. The van der Waals surface area contributed by atoms with Crippen molar-refractivity contribution in [3.05, 3.63) is 119 Å². The first-order valence-electron chi connectivity index (χ1n) is 9.74. The van der Waals surface area contributed by atoms with Crippen molar-refractivity contribution in [3.63, 3.8) is 0 Å². The summed E-state index contributed by atoms with van der Waals surface area (Å²) in [6.45, 7) is -0.606. The summed E-state index contributed by atoms with van der Waals surface area (Å²) in [7, 11) is -4.10. The van der Waals surface area contributed by atoms with Crippen LogP contribution in [0, 0.1) is 10.1 Å². The zero-order valence-electron chi connectivity index (χ0n) is 16.5. The maximum Gasteiger partial charge on any atom is 0.444 e. The number of hydrogen-bond acceptors (Lipinski definition) is 5. The van der Waals surface area contributed by atoms with Gasteiger partial charge in [0.05, 0.1) is 0 Å². The SMILES string of the molecule is O=[N+]([O-])C[C@@H](c1cccc2ccccc12)P(=O)(Oc1ccccc1)Oc1ccccc1. The monoisotopic (exact) mass is 433 g/mol. The number of rotatable bonds is 8. The van der Waals surface area contributed by atoms with Crippen LogP contribution in [0.15, 0.2) is 103 Å². The van der Waals surface area contributed by atoms with E-state index < -0.39 is 24.7 Å². The molecule has 0 bridgehead atoms. The lowest BCUT2D eigenvalue weighted by Crippen LogP contribution is -2.19. The highest BCUT2D eigenvalue weighted by Gasteiger charge is 2.45. The number of benzene rings is 4. The summed E-state index contributed by atoms with van der Waals surface area (Å²) in [5, 5.41) is 13.3. The summed E-state index contributed by atoms with van der Waals surface area (Å²) in [6, 6.07) is 30.1. The van der Waals surface area contributed by atoms with Gasteiger partial charge in [-0.15, -0.1) is 0 Å². The molecule has 0 aliphatic heterocycles. The minimum atomic E-state index is -4.10. The topological polar surface area (TPSA) is 78.7 Å². The fourth-order valence-corrected chi connectivity index (χ4v) is 5.48. The van der Waals surface area contributed by atoms with Gasteiger partial charge >= 0.3 is 7.60 Å². The lowest BCUT2D eigenvalue weighted by Gasteiger charge is -2.26. The molecule has 31 heavy (non-hydrogen) atoms. The number of fused-ring (bicyclic) bond motifs is 1. The summed E-state index contributed by atoms with van der Waals surface area (Å²) < 4.78 is 26.1. The van der Waals surface area contributed by atoms with Crippen LogP contribution in [-0.4, -0.2) is 11.5 Å². The third-order valence-electron chi connectivity index (χ3n) is 4.84. The van der Waals surface area contributed by atoms with Gasteiger partial charge in [-0.3, -0.25) is 10.1 Å². The maximum atomic E-state index is 14.3. The van der Waals surface area contributed by atoms with Crippen molar-refractivity contribution in [1.82, 2.24) is 0 Å². The average molecular weight is 433 g/mol. The largest absolute Gasteiger partial charge is 0.444 e. The minimum absolute atomic E-state index is 0.315. The molecule has 0 N–H and O–H groups in total. The smallest absolute Gasteiger partial charge is 0.415 e. The van der Waals surface area contributed by atoms with Crippen molar-refractivity contribution in [1.29, 1.82) is 0 Å². The van der Waals surface area contributed by atoms with E-state index in [9.17, 15) is 14.7 Å². The zero-order valence-corrected chi connectivity index (χ0v) is 17.4. The van der Waals surface area contributed by atoms with E-state index in [1.54, 1.807) is 72.8 Å². The standard InChI is InChI=1S/C24H20NO5P/c26-25(27)18-24(23-17-9-11-19-10-7-8-16-22(19)23)31(28,29-20-12-3-1-4-13-20)30-21-14-5-2-6-15-21/h1-17,24H,18H2/t24-/m0/s1. The second kappa shape index (κ2) is 9.02. The third-order valence-corrected chi connectivity index (χ3v) is 6.97. The van der Waals surface area contributed by atoms with Crippen molar-refractivity contribution in [2.45, 2.75) is 5.66 Å². The molecule has 0 spiro atoms. The third kappa shape index (κ3) is 4.76. The Labute approximate surface area is 179 Å². The van der Waals surface area contributed by atoms with E-state index >= 15 is 0 Å². The molecule has 0 radical (unpaired) electrons. The van der Waals surface area contributed by atoms with Gasteiger partial charge in [-0.1, -0.05) is 78.9 Å². The molecule has 6 nitrogen and oxygen atoms in total. The van der Waals surface area contributed by atoms with Gasteiger partial charge in [0, 0.05) is 4.92 Å². The summed E-state index contributed by atoms with van der Waals surface area (Å²) in [6.07, 6.45) is 0. The van der Waals surface area contributed by atoms with Crippen LogP contribution in [0.2, 0.25) is 0 Å². The minimum Gasteiger partial charge on any atom is -0.415 e. The van der Waals surface area contributed by atoms with Crippen LogP contribution >= 0.6 is 7.60 Å². The molecule has 4 aromatic carbocycles. The lowest BCUT2D eigenvalue weighted by molar-refractivity contribution is -0.480. The van der Waals surface area contributed by atoms with Crippen LogP contribution in [0.4, 0.5) is 0 Å². The molecule has 0 saturated carbocycles. The molecule has 0 heterocycles. The van der Waals surface area contributed by atoms with Crippen LogP contribution in [-0.2, 0) is 4.57 Å². The molecule has 7 heteroatoms. The van der Waals surface area contributed by atoms with Crippen molar-refractivity contribution in [2.75, 3.05) is 6.54 Å². The first-order valence-corrected chi connectivity index (χ1v) is 11.3. The van der Waals surface area contributed by atoms with Crippen molar-refractivity contribution in [2.24, 2.45) is 0 Å². The Hall–Kier alpha value is -3.63. The molecule has 0 aromatic heterocycles. The molecular weight excluding hydrogens is 413 g/mol. The molecule has 4 rings (SSSR count). The van der Waals surface area contributed by atoms with Crippen molar-refractivity contribution in [3.8, 4) is 11.5 Å². The molecule has 0 saturated heterocycles. The van der Waals surface area contributed by atoms with Gasteiger partial charge in [-0.2, -0.15) is 0 Å². The summed E-state index contributed by atoms with van der Waals surface area (Å²) in [4.78, 5) is 11.2. The Morgan fingerprint density at radius 1 is 0.742 bits per heavy atom. The molecule has 156 valence electrons. The van der Waals surface area contributed by atoms with Gasteiger partial charge in [0.15, 0.2) is 5.66 Å². The average Bonchev–Trinajstić information content (AvgIpc) is 2.78. The molecule has 0 fully saturated rings. The van der Waals surface area contributed by atoms with Gasteiger partial charge in [-0.25, -0.2) is 4.57 Å². The second-order valence-electron chi connectivity index (χ2n) is 6.95. The molecule has 0 aliphatic rings. The fourth-order valence-electron chi connectivity index (χ4n) is 3.45. The second-order valence-corrected chi connectivity index (χ2v) is 9.02. The van der Waals surface area contributed by atoms with E-state index in [2.05, 4.69) is 0 Å². The molecular formula is C24H20NO5P. The number of hydrogen-bond donors (Lipinski definition) is 0. The van der Waals surface area contributed by atoms with E-state index in [-0.39, 0.29) is 0 Å². The molecule has 4 aromatic rings. The van der Waals surface area contributed by atoms with Gasteiger partial charge in [-0.05, 0) is 40.6 Å². The van der Waals surface area contributed by atoms with Crippen LogP contribution in [0.25, 0.3) is 10.8 Å². The highest BCUT2D eigenvalue weighted by molar-refractivity contribution is 7.55. The Bertz CT molecular complexity index is 1180. The fraction of sp³-hybridized carbons (Fsp3) is 0.0833. The van der Waals surface area contributed by atoms with Crippen LogP contribution in [0.5, 0.6) is 11.5 Å². The van der Waals surface area contributed by atoms with E-state index in [1.807, 2.05) is 30.3 Å². The Morgan fingerprint density at radius 3 is 1.84 bits per heavy atom. The Kier molecular flexibility index (Phi) is 6.01. The molecule has 0 unspecified atom stereocenters. The number of nitro groups is 1. The van der Waals surface area contributed by atoms with Gasteiger partial charge in [0.1, 0.15) is 11.5 Å².